The molecular weight excluding hydrogens is 264 g/mol. The second-order valence-corrected chi connectivity index (χ2v) is 6.20. The van der Waals surface area contributed by atoms with Crippen molar-refractivity contribution in [3.8, 4) is 11.6 Å². The maximum Gasteiger partial charge on any atom is 0.213 e. The van der Waals surface area contributed by atoms with Crippen LogP contribution in [-0.4, -0.2) is 30.8 Å². The summed E-state index contributed by atoms with van der Waals surface area (Å²) in [5.41, 5.74) is 0.903. The number of nitrogens with zero attached hydrogens (tertiary/aromatic N) is 1. The van der Waals surface area contributed by atoms with Gasteiger partial charge in [-0.3, -0.25) is 0 Å². The van der Waals surface area contributed by atoms with Gasteiger partial charge in [0.15, 0.2) is 0 Å². The molecule has 0 aliphatic carbocycles. The molecule has 1 aliphatic heterocycles. The third-order valence-electron chi connectivity index (χ3n) is 3.91. The third-order valence-corrected chi connectivity index (χ3v) is 3.91. The van der Waals surface area contributed by atoms with E-state index in [-0.39, 0.29) is 6.10 Å². The first kappa shape index (κ1) is 16.1. The Morgan fingerprint density at radius 2 is 2.19 bits per heavy atom. The first-order valence-corrected chi connectivity index (χ1v) is 8.08. The van der Waals surface area contributed by atoms with E-state index in [0.29, 0.717) is 24.3 Å². The summed E-state index contributed by atoms with van der Waals surface area (Å²) in [4.78, 5) is 4.46. The number of pyridine rings is 1. The zero-order chi connectivity index (χ0) is 15.2. The van der Waals surface area contributed by atoms with E-state index in [1.807, 2.05) is 26.0 Å². The van der Waals surface area contributed by atoms with Crippen LogP contribution >= 0.6 is 0 Å². The SMILES string of the molecule is CCOc1ccc(OC(CC(C)C)[C@H]2CCNC2)c(C)n1. The van der Waals surface area contributed by atoms with Crippen molar-refractivity contribution in [3.05, 3.63) is 17.8 Å². The summed E-state index contributed by atoms with van der Waals surface area (Å²) in [6, 6.07) is 3.88. The molecule has 0 aromatic carbocycles. The van der Waals surface area contributed by atoms with Crippen LogP contribution in [0.4, 0.5) is 0 Å². The minimum absolute atomic E-state index is 0.262. The number of nitrogens with one attached hydrogen (secondary N) is 1. The van der Waals surface area contributed by atoms with Crippen LogP contribution in [0.25, 0.3) is 0 Å². The molecular formula is C17H28N2O2. The number of ether oxygens (including phenoxy) is 2. The van der Waals surface area contributed by atoms with Gasteiger partial charge in [-0.05, 0) is 45.2 Å². The van der Waals surface area contributed by atoms with Crippen molar-refractivity contribution in [1.29, 1.82) is 0 Å². The summed E-state index contributed by atoms with van der Waals surface area (Å²) in [6.45, 7) is 11.2. The second kappa shape index (κ2) is 7.64. The molecule has 1 fully saturated rings. The highest BCUT2D eigenvalue weighted by atomic mass is 16.5. The van der Waals surface area contributed by atoms with Gasteiger partial charge in [0.05, 0.1) is 12.3 Å². The lowest BCUT2D eigenvalue weighted by molar-refractivity contribution is 0.118. The van der Waals surface area contributed by atoms with Gasteiger partial charge in [0, 0.05) is 18.5 Å². The van der Waals surface area contributed by atoms with Gasteiger partial charge in [-0.25, -0.2) is 4.98 Å². The Bertz CT molecular complexity index is 442. The normalized spacial score (nSPS) is 19.8. The quantitative estimate of drug-likeness (QED) is 0.838. The van der Waals surface area contributed by atoms with E-state index < -0.39 is 0 Å². The van der Waals surface area contributed by atoms with E-state index in [2.05, 4.69) is 24.1 Å². The van der Waals surface area contributed by atoms with Gasteiger partial charge >= 0.3 is 0 Å². The molecule has 0 spiro atoms. The lowest BCUT2D eigenvalue weighted by atomic mass is 9.93. The van der Waals surface area contributed by atoms with Gasteiger partial charge in [0.1, 0.15) is 11.9 Å². The Kier molecular flexibility index (Phi) is 5.85. The highest BCUT2D eigenvalue weighted by Gasteiger charge is 2.27. The van der Waals surface area contributed by atoms with Crippen molar-refractivity contribution < 1.29 is 9.47 Å². The standard InChI is InChI=1S/C17H28N2O2/c1-5-20-17-7-6-15(13(4)19-17)21-16(10-12(2)3)14-8-9-18-11-14/h6-7,12,14,16,18H,5,8-11H2,1-4H3/t14-,16?/m0/s1. The van der Waals surface area contributed by atoms with Crippen LogP contribution in [0.1, 0.15) is 39.3 Å². The average Bonchev–Trinajstić information content (AvgIpc) is 2.94. The van der Waals surface area contributed by atoms with Crippen LogP contribution < -0.4 is 14.8 Å². The monoisotopic (exact) mass is 292 g/mol. The molecule has 4 nitrogen and oxygen atoms in total. The topological polar surface area (TPSA) is 43.4 Å². The van der Waals surface area contributed by atoms with Crippen molar-refractivity contribution in [2.24, 2.45) is 11.8 Å². The first-order valence-electron chi connectivity index (χ1n) is 8.08. The lowest BCUT2D eigenvalue weighted by Gasteiger charge is -2.26. The molecule has 1 aromatic rings. The summed E-state index contributed by atoms with van der Waals surface area (Å²) < 4.78 is 11.7. The van der Waals surface area contributed by atoms with E-state index >= 15 is 0 Å². The fourth-order valence-corrected chi connectivity index (χ4v) is 2.84. The molecule has 1 N–H and O–H groups in total. The number of aromatic nitrogens is 1. The molecule has 0 saturated carbocycles. The number of aryl methyl sites for hydroxylation is 1. The number of hydrogen-bond acceptors (Lipinski definition) is 4. The van der Waals surface area contributed by atoms with Crippen LogP contribution in [0.2, 0.25) is 0 Å². The van der Waals surface area contributed by atoms with Crippen LogP contribution in [0.5, 0.6) is 11.6 Å². The molecule has 0 bridgehead atoms. The van der Waals surface area contributed by atoms with E-state index in [1.165, 1.54) is 6.42 Å². The Balaban J connectivity index is 2.08. The minimum Gasteiger partial charge on any atom is -0.488 e. The molecule has 2 heterocycles. The summed E-state index contributed by atoms with van der Waals surface area (Å²) in [7, 11) is 0. The molecule has 1 unspecified atom stereocenters. The minimum atomic E-state index is 0.262. The van der Waals surface area contributed by atoms with Crippen molar-refractivity contribution in [1.82, 2.24) is 10.3 Å². The molecule has 1 aliphatic rings. The lowest BCUT2D eigenvalue weighted by Crippen LogP contribution is -2.30. The fraction of sp³-hybridized carbons (Fsp3) is 0.706. The van der Waals surface area contributed by atoms with Crippen molar-refractivity contribution >= 4 is 0 Å². The van der Waals surface area contributed by atoms with Crippen molar-refractivity contribution in [3.63, 3.8) is 0 Å². The zero-order valence-electron chi connectivity index (χ0n) is 13.7. The van der Waals surface area contributed by atoms with Gasteiger partial charge in [0.25, 0.3) is 0 Å². The molecule has 1 aromatic heterocycles. The smallest absolute Gasteiger partial charge is 0.213 e. The molecule has 0 radical (unpaired) electrons. The summed E-state index contributed by atoms with van der Waals surface area (Å²) in [6.07, 6.45) is 2.54. The van der Waals surface area contributed by atoms with Crippen LogP contribution in [-0.2, 0) is 0 Å². The zero-order valence-corrected chi connectivity index (χ0v) is 13.7. The maximum absolute atomic E-state index is 6.32. The van der Waals surface area contributed by atoms with Crippen LogP contribution in [0.15, 0.2) is 12.1 Å². The maximum atomic E-state index is 6.32. The Morgan fingerprint density at radius 1 is 1.38 bits per heavy atom. The van der Waals surface area contributed by atoms with E-state index in [9.17, 15) is 0 Å². The molecule has 1 saturated heterocycles. The fourth-order valence-electron chi connectivity index (χ4n) is 2.84. The molecule has 2 atom stereocenters. The van der Waals surface area contributed by atoms with E-state index in [1.54, 1.807) is 0 Å². The van der Waals surface area contributed by atoms with E-state index in [0.717, 1.165) is 31.0 Å². The van der Waals surface area contributed by atoms with Crippen molar-refractivity contribution in [2.75, 3.05) is 19.7 Å². The van der Waals surface area contributed by atoms with Gasteiger partial charge in [-0.15, -0.1) is 0 Å². The average molecular weight is 292 g/mol. The van der Waals surface area contributed by atoms with Crippen molar-refractivity contribution in [2.45, 2.75) is 46.6 Å². The predicted octanol–water partition coefficient (Wildman–Crippen LogP) is 3.19. The summed E-state index contributed by atoms with van der Waals surface area (Å²) in [5, 5.41) is 3.44. The number of hydrogen-bond donors (Lipinski definition) is 1. The predicted molar refractivity (Wildman–Crippen MR) is 85.0 cm³/mol. The molecule has 118 valence electrons. The molecule has 21 heavy (non-hydrogen) atoms. The van der Waals surface area contributed by atoms with Crippen LogP contribution in [0, 0.1) is 18.8 Å². The molecule has 0 amide bonds. The highest BCUT2D eigenvalue weighted by Crippen LogP contribution is 2.27. The van der Waals surface area contributed by atoms with Gasteiger partial charge in [0.2, 0.25) is 5.88 Å². The Hall–Kier alpha value is -1.29. The van der Waals surface area contributed by atoms with E-state index in [4.69, 9.17) is 9.47 Å². The van der Waals surface area contributed by atoms with Crippen LogP contribution in [0.3, 0.4) is 0 Å². The Morgan fingerprint density at radius 3 is 2.76 bits per heavy atom. The first-order chi connectivity index (χ1) is 10.1. The summed E-state index contributed by atoms with van der Waals surface area (Å²) >= 11 is 0. The van der Waals surface area contributed by atoms with Gasteiger partial charge in [-0.1, -0.05) is 13.8 Å². The van der Waals surface area contributed by atoms with Gasteiger partial charge < -0.3 is 14.8 Å². The summed E-state index contributed by atoms with van der Waals surface area (Å²) in [5.74, 6) is 2.78. The highest BCUT2D eigenvalue weighted by molar-refractivity contribution is 5.31. The second-order valence-electron chi connectivity index (χ2n) is 6.20. The molecule has 4 heteroatoms. The third kappa shape index (κ3) is 4.60. The number of rotatable bonds is 7. The molecule has 2 rings (SSSR count). The Labute approximate surface area is 128 Å². The van der Waals surface area contributed by atoms with Gasteiger partial charge in [-0.2, -0.15) is 0 Å². The largest absolute Gasteiger partial charge is 0.488 e.